The van der Waals surface area contributed by atoms with Crippen LogP contribution in [-0.4, -0.2) is 50.5 Å². The number of benzene rings is 1. The molecule has 2 heterocycles. The van der Waals surface area contributed by atoms with Crippen LogP contribution in [0.4, 0.5) is 26.8 Å². The fourth-order valence-electron chi connectivity index (χ4n) is 2.82. The number of hydrogen-bond acceptors (Lipinski definition) is 6. The minimum absolute atomic E-state index is 0.340. The van der Waals surface area contributed by atoms with Crippen LogP contribution in [0.25, 0.3) is 0 Å². The van der Waals surface area contributed by atoms with Gasteiger partial charge in [0.2, 0.25) is 0 Å². The van der Waals surface area contributed by atoms with Crippen LogP contribution in [0.1, 0.15) is 5.56 Å². The van der Waals surface area contributed by atoms with Crippen LogP contribution in [0.5, 0.6) is 0 Å². The van der Waals surface area contributed by atoms with E-state index in [1.165, 1.54) is 7.11 Å². The molecule has 3 rings (SSSR count). The number of hydrogen-bond donors (Lipinski definition) is 3. The molecule has 1 aliphatic rings. The Kier molecular flexibility index (Phi) is 6.64. The molecule has 28 heavy (non-hydrogen) atoms. The number of nitrogens with zero attached hydrogens (tertiary/aromatic N) is 2. The van der Waals surface area contributed by atoms with Gasteiger partial charge in [0, 0.05) is 42.8 Å². The van der Waals surface area contributed by atoms with Gasteiger partial charge in [-0.05, 0) is 24.3 Å². The zero-order chi connectivity index (χ0) is 19.8. The third-order valence-electron chi connectivity index (χ3n) is 4.17. The Morgan fingerprint density at radius 1 is 1.14 bits per heavy atom. The van der Waals surface area contributed by atoms with Crippen molar-refractivity contribution >= 4 is 29.3 Å². The predicted molar refractivity (Wildman–Crippen MR) is 106 cm³/mol. The summed E-state index contributed by atoms with van der Waals surface area (Å²) in [5.41, 5.74) is 2.00. The van der Waals surface area contributed by atoms with Gasteiger partial charge in [-0.25, -0.2) is 14.6 Å². The van der Waals surface area contributed by atoms with Crippen molar-refractivity contribution in [1.29, 1.82) is 0 Å². The minimum Gasteiger partial charge on any atom is -0.453 e. The SMILES string of the molecule is COC(=O)Nc1cccc(NC(=O)NCc2cccnc2N2CCOCC2)c1. The Labute approximate surface area is 163 Å². The summed E-state index contributed by atoms with van der Waals surface area (Å²) in [6, 6.07) is 10.2. The zero-order valence-corrected chi connectivity index (χ0v) is 15.6. The molecule has 3 N–H and O–H groups in total. The number of rotatable bonds is 5. The van der Waals surface area contributed by atoms with Gasteiger partial charge < -0.3 is 25.0 Å². The quantitative estimate of drug-likeness (QED) is 0.730. The number of urea groups is 1. The lowest BCUT2D eigenvalue weighted by molar-refractivity contribution is 0.122. The van der Waals surface area contributed by atoms with Gasteiger partial charge in [0.15, 0.2) is 0 Å². The summed E-state index contributed by atoms with van der Waals surface area (Å²) in [4.78, 5) is 30.2. The average Bonchev–Trinajstić information content (AvgIpc) is 2.73. The Morgan fingerprint density at radius 3 is 2.64 bits per heavy atom. The van der Waals surface area contributed by atoms with Crippen LogP contribution in [0, 0.1) is 0 Å². The minimum atomic E-state index is -0.575. The van der Waals surface area contributed by atoms with Gasteiger partial charge in [-0.2, -0.15) is 0 Å². The maximum absolute atomic E-state index is 12.3. The number of anilines is 3. The van der Waals surface area contributed by atoms with E-state index in [4.69, 9.17) is 4.74 Å². The number of methoxy groups -OCH3 is 1. The smallest absolute Gasteiger partial charge is 0.411 e. The lowest BCUT2D eigenvalue weighted by atomic mass is 10.2. The van der Waals surface area contributed by atoms with E-state index in [0.29, 0.717) is 31.1 Å². The summed E-state index contributed by atoms with van der Waals surface area (Å²) < 4.78 is 9.94. The number of carbonyl (C=O) groups excluding carboxylic acids is 2. The van der Waals surface area contributed by atoms with Gasteiger partial charge in [0.05, 0.1) is 20.3 Å². The average molecular weight is 385 g/mol. The molecule has 1 saturated heterocycles. The van der Waals surface area contributed by atoms with Crippen LogP contribution >= 0.6 is 0 Å². The maximum Gasteiger partial charge on any atom is 0.411 e. The highest BCUT2D eigenvalue weighted by molar-refractivity contribution is 5.91. The van der Waals surface area contributed by atoms with Crippen molar-refractivity contribution in [2.75, 3.05) is 48.9 Å². The number of ether oxygens (including phenoxy) is 2. The molecular weight excluding hydrogens is 362 g/mol. The fourth-order valence-corrected chi connectivity index (χ4v) is 2.82. The molecule has 9 heteroatoms. The summed E-state index contributed by atoms with van der Waals surface area (Å²) in [5, 5.41) is 8.14. The monoisotopic (exact) mass is 385 g/mol. The number of pyridine rings is 1. The molecule has 0 spiro atoms. The molecule has 9 nitrogen and oxygen atoms in total. The highest BCUT2D eigenvalue weighted by Gasteiger charge is 2.16. The zero-order valence-electron chi connectivity index (χ0n) is 15.6. The van der Waals surface area contributed by atoms with Crippen molar-refractivity contribution in [2.45, 2.75) is 6.54 Å². The topological polar surface area (TPSA) is 105 Å². The number of carbonyl (C=O) groups is 2. The van der Waals surface area contributed by atoms with E-state index in [2.05, 4.69) is 30.6 Å². The van der Waals surface area contributed by atoms with Crippen LogP contribution in [-0.2, 0) is 16.0 Å². The summed E-state index contributed by atoms with van der Waals surface area (Å²) in [7, 11) is 1.29. The maximum atomic E-state index is 12.3. The molecule has 2 aromatic rings. The molecule has 0 saturated carbocycles. The van der Waals surface area contributed by atoms with E-state index < -0.39 is 6.09 Å². The van der Waals surface area contributed by atoms with Gasteiger partial charge in [-0.1, -0.05) is 12.1 Å². The van der Waals surface area contributed by atoms with Crippen molar-refractivity contribution in [1.82, 2.24) is 10.3 Å². The molecule has 3 amide bonds. The Morgan fingerprint density at radius 2 is 1.89 bits per heavy atom. The first-order valence-electron chi connectivity index (χ1n) is 8.92. The first kappa shape index (κ1) is 19.4. The van der Waals surface area contributed by atoms with Gasteiger partial charge >= 0.3 is 12.1 Å². The van der Waals surface area contributed by atoms with Gasteiger partial charge in [0.1, 0.15) is 5.82 Å². The highest BCUT2D eigenvalue weighted by Crippen LogP contribution is 2.19. The van der Waals surface area contributed by atoms with Crippen LogP contribution in [0.3, 0.4) is 0 Å². The van der Waals surface area contributed by atoms with Crippen molar-refractivity contribution in [3.63, 3.8) is 0 Å². The molecule has 0 unspecified atom stereocenters. The van der Waals surface area contributed by atoms with Crippen molar-refractivity contribution in [3.8, 4) is 0 Å². The Balaban J connectivity index is 1.58. The first-order chi connectivity index (χ1) is 13.7. The number of amides is 3. The molecule has 1 aliphatic heterocycles. The van der Waals surface area contributed by atoms with E-state index >= 15 is 0 Å². The van der Waals surface area contributed by atoms with Gasteiger partial charge in [-0.15, -0.1) is 0 Å². The predicted octanol–water partition coefficient (Wildman–Crippen LogP) is 2.42. The summed E-state index contributed by atoms with van der Waals surface area (Å²) in [5.74, 6) is 0.857. The van der Waals surface area contributed by atoms with Crippen molar-refractivity contribution in [3.05, 3.63) is 48.2 Å². The molecule has 1 aromatic carbocycles. The molecule has 0 aliphatic carbocycles. The van der Waals surface area contributed by atoms with E-state index in [1.807, 2.05) is 12.1 Å². The van der Waals surface area contributed by atoms with Crippen LogP contribution in [0.15, 0.2) is 42.6 Å². The molecule has 1 fully saturated rings. The van der Waals surface area contributed by atoms with E-state index in [9.17, 15) is 9.59 Å². The molecule has 148 valence electrons. The Hall–Kier alpha value is -3.33. The van der Waals surface area contributed by atoms with Crippen molar-refractivity contribution < 1.29 is 19.1 Å². The standard InChI is InChI=1S/C19H23N5O4/c1-27-19(26)23-16-6-2-5-15(12-16)22-18(25)21-13-14-4-3-7-20-17(14)24-8-10-28-11-9-24/h2-7,12H,8-11,13H2,1H3,(H,23,26)(H2,21,22,25). The summed E-state index contributed by atoms with van der Waals surface area (Å²) >= 11 is 0. The first-order valence-corrected chi connectivity index (χ1v) is 8.92. The Bertz CT molecular complexity index is 823. The lowest BCUT2D eigenvalue weighted by Gasteiger charge is -2.29. The number of aromatic nitrogens is 1. The second-order valence-corrected chi connectivity index (χ2v) is 6.09. The normalized spacial score (nSPS) is 13.5. The largest absolute Gasteiger partial charge is 0.453 e. The van der Waals surface area contributed by atoms with E-state index in [0.717, 1.165) is 24.5 Å². The third-order valence-corrected chi connectivity index (χ3v) is 4.17. The summed E-state index contributed by atoms with van der Waals surface area (Å²) in [6.45, 7) is 3.22. The molecule has 0 radical (unpaired) electrons. The molecular formula is C19H23N5O4. The van der Waals surface area contributed by atoms with Gasteiger partial charge in [-0.3, -0.25) is 5.32 Å². The molecule has 0 bridgehead atoms. The van der Waals surface area contributed by atoms with Crippen LogP contribution in [0.2, 0.25) is 0 Å². The second-order valence-electron chi connectivity index (χ2n) is 6.09. The molecule has 0 atom stereocenters. The third kappa shape index (κ3) is 5.34. The highest BCUT2D eigenvalue weighted by atomic mass is 16.5. The van der Waals surface area contributed by atoms with E-state index in [-0.39, 0.29) is 6.03 Å². The number of nitrogens with one attached hydrogen (secondary N) is 3. The molecule has 1 aromatic heterocycles. The summed E-state index contributed by atoms with van der Waals surface area (Å²) in [6.07, 6.45) is 1.17. The fraction of sp³-hybridized carbons (Fsp3) is 0.316. The van der Waals surface area contributed by atoms with Crippen LogP contribution < -0.4 is 20.9 Å². The lowest BCUT2D eigenvalue weighted by Crippen LogP contribution is -2.38. The second kappa shape index (κ2) is 9.56. The van der Waals surface area contributed by atoms with E-state index in [1.54, 1.807) is 30.5 Å². The number of morpholine rings is 1. The van der Waals surface area contributed by atoms with Crippen molar-refractivity contribution in [2.24, 2.45) is 0 Å². The van der Waals surface area contributed by atoms with Gasteiger partial charge in [0.25, 0.3) is 0 Å².